The van der Waals surface area contributed by atoms with Gasteiger partial charge in [-0.2, -0.15) is 0 Å². The molecule has 6 heteroatoms. The second-order valence-corrected chi connectivity index (χ2v) is 5.32. The Balaban J connectivity index is 1.97. The summed E-state index contributed by atoms with van der Waals surface area (Å²) in [5, 5.41) is 22.8. The van der Waals surface area contributed by atoms with Gasteiger partial charge in [0, 0.05) is 18.2 Å². The van der Waals surface area contributed by atoms with Crippen LogP contribution in [0, 0.1) is 10.1 Å². The predicted molar refractivity (Wildman–Crippen MR) is 78.6 cm³/mol. The highest BCUT2D eigenvalue weighted by molar-refractivity contribution is 5.92. The van der Waals surface area contributed by atoms with Crippen molar-refractivity contribution in [2.24, 2.45) is 0 Å². The van der Waals surface area contributed by atoms with Crippen molar-refractivity contribution >= 4 is 17.7 Å². The van der Waals surface area contributed by atoms with E-state index in [1.54, 1.807) is 18.2 Å². The molecule has 0 bridgehead atoms. The molecule has 0 unspecified atom stereocenters. The Morgan fingerprint density at radius 1 is 1.33 bits per heavy atom. The Kier molecular flexibility index (Phi) is 4.70. The van der Waals surface area contributed by atoms with Gasteiger partial charge in [0.1, 0.15) is 0 Å². The van der Waals surface area contributed by atoms with Gasteiger partial charge in [-0.05, 0) is 36.6 Å². The SMILES string of the molecule is O=C(/C=C/c1ccc([N+](=O)[O-])cc1)NC1(CO)CCCC1. The van der Waals surface area contributed by atoms with Gasteiger partial charge in [-0.15, -0.1) is 0 Å². The van der Waals surface area contributed by atoms with Crippen molar-refractivity contribution in [2.45, 2.75) is 31.2 Å². The van der Waals surface area contributed by atoms with E-state index in [1.807, 2.05) is 0 Å². The number of carbonyl (C=O) groups excluding carboxylic acids is 1. The van der Waals surface area contributed by atoms with Crippen LogP contribution in [0.25, 0.3) is 6.08 Å². The van der Waals surface area contributed by atoms with Crippen LogP contribution >= 0.6 is 0 Å². The van der Waals surface area contributed by atoms with Crippen LogP contribution in [0.15, 0.2) is 30.3 Å². The van der Waals surface area contributed by atoms with Crippen LogP contribution in [0.3, 0.4) is 0 Å². The number of aliphatic hydroxyl groups excluding tert-OH is 1. The van der Waals surface area contributed by atoms with E-state index in [2.05, 4.69) is 5.32 Å². The van der Waals surface area contributed by atoms with E-state index in [-0.39, 0.29) is 18.2 Å². The fourth-order valence-electron chi connectivity index (χ4n) is 2.56. The number of carbonyl (C=O) groups is 1. The van der Waals surface area contributed by atoms with Crippen molar-refractivity contribution in [2.75, 3.05) is 6.61 Å². The standard InChI is InChI=1S/C15H18N2O4/c18-11-15(9-1-2-10-15)16-14(19)8-5-12-3-6-13(7-4-12)17(20)21/h3-8,18H,1-2,9-11H2,(H,16,19)/b8-5+. The molecule has 0 atom stereocenters. The van der Waals surface area contributed by atoms with Gasteiger partial charge in [0.25, 0.3) is 5.69 Å². The number of nitro benzene ring substituents is 1. The third kappa shape index (κ3) is 3.88. The molecule has 0 heterocycles. The number of non-ortho nitro benzene ring substituents is 1. The Bertz CT molecular complexity index is 545. The van der Waals surface area contributed by atoms with Crippen molar-refractivity contribution in [3.05, 3.63) is 46.0 Å². The molecule has 1 aliphatic rings. The molecule has 1 saturated carbocycles. The fourth-order valence-corrected chi connectivity index (χ4v) is 2.56. The average molecular weight is 290 g/mol. The van der Waals surface area contributed by atoms with Gasteiger partial charge in [0.15, 0.2) is 0 Å². The lowest BCUT2D eigenvalue weighted by atomic mass is 9.99. The lowest BCUT2D eigenvalue weighted by Gasteiger charge is -2.27. The molecule has 1 amide bonds. The van der Waals surface area contributed by atoms with E-state index in [0.717, 1.165) is 25.7 Å². The van der Waals surface area contributed by atoms with Gasteiger partial charge < -0.3 is 10.4 Å². The molecule has 6 nitrogen and oxygen atoms in total. The number of hydrogen-bond acceptors (Lipinski definition) is 4. The Morgan fingerprint density at radius 2 is 1.95 bits per heavy atom. The number of nitro groups is 1. The van der Waals surface area contributed by atoms with Gasteiger partial charge in [0.05, 0.1) is 17.1 Å². The number of nitrogens with one attached hydrogen (secondary N) is 1. The molecule has 1 aliphatic carbocycles. The Hall–Kier alpha value is -2.21. The quantitative estimate of drug-likeness (QED) is 0.493. The van der Waals surface area contributed by atoms with Crippen molar-refractivity contribution in [1.82, 2.24) is 5.32 Å². The van der Waals surface area contributed by atoms with Gasteiger partial charge in [-0.25, -0.2) is 0 Å². The molecule has 1 aromatic carbocycles. The Labute approximate surface area is 122 Å². The van der Waals surface area contributed by atoms with E-state index in [1.165, 1.54) is 18.2 Å². The molecular formula is C15H18N2O4. The van der Waals surface area contributed by atoms with Crippen LogP contribution in [-0.4, -0.2) is 28.1 Å². The van der Waals surface area contributed by atoms with Crippen molar-refractivity contribution in [3.8, 4) is 0 Å². The Morgan fingerprint density at radius 3 is 2.48 bits per heavy atom. The smallest absolute Gasteiger partial charge is 0.269 e. The predicted octanol–water partition coefficient (Wildman–Crippen LogP) is 2.03. The lowest BCUT2D eigenvalue weighted by molar-refractivity contribution is -0.384. The van der Waals surface area contributed by atoms with Crippen LogP contribution in [0.1, 0.15) is 31.2 Å². The van der Waals surface area contributed by atoms with E-state index in [4.69, 9.17) is 0 Å². The van der Waals surface area contributed by atoms with Crippen molar-refractivity contribution in [3.63, 3.8) is 0 Å². The third-order valence-corrected chi connectivity index (χ3v) is 3.78. The number of hydrogen-bond donors (Lipinski definition) is 2. The number of nitrogens with zero attached hydrogens (tertiary/aromatic N) is 1. The summed E-state index contributed by atoms with van der Waals surface area (Å²) >= 11 is 0. The van der Waals surface area contributed by atoms with Crippen LogP contribution in [0.4, 0.5) is 5.69 Å². The molecule has 1 aromatic rings. The van der Waals surface area contributed by atoms with Crippen LogP contribution in [0.5, 0.6) is 0 Å². The van der Waals surface area contributed by atoms with E-state index in [9.17, 15) is 20.0 Å². The zero-order valence-corrected chi connectivity index (χ0v) is 11.6. The fraction of sp³-hybridized carbons (Fsp3) is 0.400. The summed E-state index contributed by atoms with van der Waals surface area (Å²) in [6.07, 6.45) is 6.58. The average Bonchev–Trinajstić information content (AvgIpc) is 2.94. The molecule has 0 aliphatic heterocycles. The number of rotatable bonds is 5. The summed E-state index contributed by atoms with van der Waals surface area (Å²) in [6.45, 7) is -0.0515. The summed E-state index contributed by atoms with van der Waals surface area (Å²) in [7, 11) is 0. The minimum atomic E-state index is -0.489. The molecule has 0 radical (unpaired) electrons. The largest absolute Gasteiger partial charge is 0.394 e. The van der Waals surface area contributed by atoms with Gasteiger partial charge in [-0.1, -0.05) is 12.8 Å². The summed E-state index contributed by atoms with van der Waals surface area (Å²) < 4.78 is 0. The second-order valence-electron chi connectivity index (χ2n) is 5.32. The summed E-state index contributed by atoms with van der Waals surface area (Å²) in [4.78, 5) is 22.0. The number of benzene rings is 1. The van der Waals surface area contributed by atoms with Crippen molar-refractivity contribution in [1.29, 1.82) is 0 Å². The summed E-state index contributed by atoms with van der Waals surface area (Å²) in [5.74, 6) is -0.260. The molecular weight excluding hydrogens is 272 g/mol. The minimum Gasteiger partial charge on any atom is -0.394 e. The first-order chi connectivity index (χ1) is 10.0. The molecule has 0 spiro atoms. The maximum atomic E-state index is 11.9. The normalized spacial score (nSPS) is 17.0. The number of amides is 1. The highest BCUT2D eigenvalue weighted by atomic mass is 16.6. The monoisotopic (exact) mass is 290 g/mol. The minimum absolute atomic E-state index is 0.0155. The highest BCUT2D eigenvalue weighted by Gasteiger charge is 2.33. The maximum Gasteiger partial charge on any atom is 0.269 e. The van der Waals surface area contributed by atoms with Gasteiger partial charge in [0.2, 0.25) is 5.91 Å². The molecule has 2 N–H and O–H groups in total. The topological polar surface area (TPSA) is 92.5 Å². The molecule has 21 heavy (non-hydrogen) atoms. The van der Waals surface area contributed by atoms with E-state index in [0.29, 0.717) is 5.56 Å². The maximum absolute atomic E-state index is 11.9. The molecule has 0 saturated heterocycles. The molecule has 112 valence electrons. The molecule has 1 fully saturated rings. The van der Waals surface area contributed by atoms with Gasteiger partial charge >= 0.3 is 0 Å². The number of aliphatic hydroxyl groups is 1. The second kappa shape index (κ2) is 6.49. The van der Waals surface area contributed by atoms with Crippen LogP contribution in [0.2, 0.25) is 0 Å². The lowest BCUT2D eigenvalue weighted by Crippen LogP contribution is -2.48. The van der Waals surface area contributed by atoms with E-state index >= 15 is 0 Å². The summed E-state index contributed by atoms with van der Waals surface area (Å²) in [5.41, 5.74) is 0.235. The summed E-state index contributed by atoms with van der Waals surface area (Å²) in [6, 6.07) is 5.95. The first kappa shape index (κ1) is 15.2. The zero-order chi connectivity index (χ0) is 15.3. The van der Waals surface area contributed by atoms with Crippen LogP contribution < -0.4 is 5.32 Å². The first-order valence-electron chi connectivity index (χ1n) is 6.90. The van der Waals surface area contributed by atoms with E-state index < -0.39 is 10.5 Å². The van der Waals surface area contributed by atoms with Crippen molar-refractivity contribution < 1.29 is 14.8 Å². The molecule has 0 aromatic heterocycles. The van der Waals surface area contributed by atoms with Gasteiger partial charge in [-0.3, -0.25) is 14.9 Å². The first-order valence-corrected chi connectivity index (χ1v) is 6.90. The van der Waals surface area contributed by atoms with Crippen LogP contribution in [-0.2, 0) is 4.79 Å². The third-order valence-electron chi connectivity index (χ3n) is 3.78. The molecule has 2 rings (SSSR count). The zero-order valence-electron chi connectivity index (χ0n) is 11.6. The highest BCUT2D eigenvalue weighted by Crippen LogP contribution is 2.29.